The second-order valence-electron chi connectivity index (χ2n) is 11.0. The fourth-order valence-electron chi connectivity index (χ4n) is 6.37. The Morgan fingerprint density at radius 3 is 2.32 bits per heavy atom. The molecule has 0 N–H and O–H groups in total. The van der Waals surface area contributed by atoms with Crippen molar-refractivity contribution in [1.29, 1.82) is 0 Å². The number of urea groups is 1. The third-order valence-electron chi connectivity index (χ3n) is 8.25. The zero-order valence-corrected chi connectivity index (χ0v) is 22.4. The van der Waals surface area contributed by atoms with Crippen molar-refractivity contribution < 1.29 is 19.1 Å². The standard InChI is InChI=1S/C29H36N4O5/c1-4-5-13-38-23-11-9-20(10-12-23)15-29(26(35)30(2)28(37)31(3)27(29)36)19-32-16-21-14-22(18-32)24-7-6-8-25(34)33(24)17-21/h6-12,21-22H,4-5,13-19H2,1-3H3/t21-,22+/m0/s1. The Morgan fingerprint density at radius 1 is 0.921 bits per heavy atom. The van der Waals surface area contributed by atoms with E-state index in [2.05, 4.69) is 11.8 Å². The third-order valence-corrected chi connectivity index (χ3v) is 8.25. The van der Waals surface area contributed by atoms with Gasteiger partial charge in [-0.3, -0.25) is 24.2 Å². The lowest BCUT2D eigenvalue weighted by atomic mass is 9.75. The highest BCUT2D eigenvalue weighted by molar-refractivity contribution is 6.19. The highest BCUT2D eigenvalue weighted by atomic mass is 16.5. The van der Waals surface area contributed by atoms with E-state index in [-0.39, 0.29) is 30.4 Å². The minimum atomic E-state index is -1.43. The van der Waals surface area contributed by atoms with Gasteiger partial charge in [-0.25, -0.2) is 4.79 Å². The van der Waals surface area contributed by atoms with E-state index in [4.69, 9.17) is 4.74 Å². The predicted molar refractivity (Wildman–Crippen MR) is 142 cm³/mol. The van der Waals surface area contributed by atoms with Crippen molar-refractivity contribution in [1.82, 2.24) is 19.3 Å². The Kier molecular flexibility index (Phi) is 7.13. The molecule has 0 spiro atoms. The van der Waals surface area contributed by atoms with Crippen molar-refractivity contribution in [2.75, 3.05) is 40.3 Å². The van der Waals surface area contributed by atoms with E-state index in [1.807, 2.05) is 34.9 Å². The lowest BCUT2D eigenvalue weighted by Gasteiger charge is -2.48. The molecule has 2 aromatic rings. The van der Waals surface area contributed by atoms with Gasteiger partial charge in [0, 0.05) is 58.0 Å². The van der Waals surface area contributed by atoms with Crippen LogP contribution in [0.1, 0.15) is 43.4 Å². The van der Waals surface area contributed by atoms with Gasteiger partial charge < -0.3 is 14.2 Å². The maximum Gasteiger partial charge on any atom is 0.332 e. The Labute approximate surface area is 223 Å². The smallest absolute Gasteiger partial charge is 0.332 e. The van der Waals surface area contributed by atoms with Gasteiger partial charge in [-0.1, -0.05) is 31.5 Å². The number of benzene rings is 1. The molecule has 2 fully saturated rings. The van der Waals surface area contributed by atoms with Crippen LogP contribution < -0.4 is 10.3 Å². The number of nitrogens with zero attached hydrogens (tertiary/aromatic N) is 4. The summed E-state index contributed by atoms with van der Waals surface area (Å²) in [5.41, 5.74) is 0.435. The number of fused-ring (bicyclic) bond motifs is 4. The first-order valence-electron chi connectivity index (χ1n) is 13.5. The lowest BCUT2D eigenvalue weighted by Crippen LogP contribution is -2.67. The first kappa shape index (κ1) is 26.2. The summed E-state index contributed by atoms with van der Waals surface area (Å²) in [5.74, 6) is 0.213. The molecular weight excluding hydrogens is 484 g/mol. The van der Waals surface area contributed by atoms with Crippen LogP contribution in [0.4, 0.5) is 4.79 Å². The summed E-state index contributed by atoms with van der Waals surface area (Å²) in [5, 5.41) is 0. The fraction of sp³-hybridized carbons (Fsp3) is 0.517. The number of barbiturate groups is 1. The van der Waals surface area contributed by atoms with E-state index < -0.39 is 23.3 Å². The van der Waals surface area contributed by atoms with Gasteiger partial charge in [0.15, 0.2) is 0 Å². The molecular formula is C29H36N4O5. The van der Waals surface area contributed by atoms with E-state index in [1.165, 1.54) is 14.1 Å². The first-order valence-corrected chi connectivity index (χ1v) is 13.5. The van der Waals surface area contributed by atoms with Crippen molar-refractivity contribution >= 4 is 17.8 Å². The zero-order chi connectivity index (χ0) is 27.0. The number of imide groups is 2. The van der Waals surface area contributed by atoms with Crippen LogP contribution in [-0.4, -0.2) is 77.4 Å². The van der Waals surface area contributed by atoms with Crippen LogP contribution >= 0.6 is 0 Å². The van der Waals surface area contributed by atoms with Gasteiger partial charge in [0.05, 0.1) is 6.61 Å². The highest BCUT2D eigenvalue weighted by Crippen LogP contribution is 2.39. The van der Waals surface area contributed by atoms with Crippen molar-refractivity contribution in [2.45, 2.75) is 45.1 Å². The number of ether oxygens (including phenoxy) is 1. The number of hydrogen-bond donors (Lipinski definition) is 0. The van der Waals surface area contributed by atoms with Gasteiger partial charge in [-0.2, -0.15) is 0 Å². The highest BCUT2D eigenvalue weighted by Gasteiger charge is 2.56. The minimum absolute atomic E-state index is 0.0173. The summed E-state index contributed by atoms with van der Waals surface area (Å²) in [6.07, 6.45) is 3.18. The molecule has 9 nitrogen and oxygen atoms in total. The molecule has 4 heterocycles. The summed E-state index contributed by atoms with van der Waals surface area (Å²) in [6.45, 7) is 4.93. The normalized spacial score (nSPS) is 23.0. The summed E-state index contributed by atoms with van der Waals surface area (Å²) >= 11 is 0. The quantitative estimate of drug-likeness (QED) is 0.393. The number of rotatable bonds is 8. The van der Waals surface area contributed by atoms with E-state index in [1.54, 1.807) is 12.1 Å². The number of carbonyl (C=O) groups excluding carboxylic acids is 3. The monoisotopic (exact) mass is 520 g/mol. The number of hydrogen-bond acceptors (Lipinski definition) is 6. The molecule has 1 aromatic heterocycles. The average Bonchev–Trinajstić information content (AvgIpc) is 2.91. The number of unbranched alkanes of at least 4 members (excludes halogenated alkanes) is 1. The topological polar surface area (TPSA) is 92.2 Å². The number of piperidine rings is 1. The molecule has 202 valence electrons. The molecule has 5 rings (SSSR count). The van der Waals surface area contributed by atoms with E-state index in [0.717, 1.165) is 46.1 Å². The minimum Gasteiger partial charge on any atom is -0.494 e. The number of amides is 4. The summed E-state index contributed by atoms with van der Waals surface area (Å²) in [7, 11) is 2.89. The molecule has 0 aliphatic carbocycles. The maximum absolute atomic E-state index is 13.8. The molecule has 3 aliphatic heterocycles. The van der Waals surface area contributed by atoms with Gasteiger partial charge in [-0.05, 0) is 48.9 Å². The Hall–Kier alpha value is -3.46. The lowest BCUT2D eigenvalue weighted by molar-refractivity contribution is -0.159. The van der Waals surface area contributed by atoms with Crippen molar-refractivity contribution in [3.8, 4) is 5.75 Å². The number of carbonyl (C=O) groups is 3. The molecule has 0 unspecified atom stereocenters. The average molecular weight is 521 g/mol. The molecule has 3 aliphatic rings. The SMILES string of the molecule is CCCCOc1ccc(CC2(CN3C[C@@H]4C[C@H](C3)c3cccc(=O)n3C4)C(=O)N(C)C(=O)N(C)C2=O)cc1. The number of likely N-dealkylation sites (tertiary alicyclic amines) is 1. The number of aromatic nitrogens is 1. The van der Waals surface area contributed by atoms with Gasteiger partial charge >= 0.3 is 6.03 Å². The summed E-state index contributed by atoms with van der Waals surface area (Å²) in [6, 6.07) is 12.3. The van der Waals surface area contributed by atoms with Crippen molar-refractivity contribution in [3.05, 3.63) is 64.1 Å². The van der Waals surface area contributed by atoms with Crippen LogP contribution in [0.5, 0.6) is 5.75 Å². The van der Waals surface area contributed by atoms with Gasteiger partial charge in [0.25, 0.3) is 5.56 Å². The van der Waals surface area contributed by atoms with Gasteiger partial charge in [0.2, 0.25) is 11.8 Å². The van der Waals surface area contributed by atoms with Gasteiger partial charge in [0.1, 0.15) is 11.2 Å². The van der Waals surface area contributed by atoms with Crippen LogP contribution in [0.15, 0.2) is 47.3 Å². The Bertz CT molecular complexity index is 1260. The first-order chi connectivity index (χ1) is 18.2. The summed E-state index contributed by atoms with van der Waals surface area (Å²) in [4.78, 5) is 57.0. The fourth-order valence-corrected chi connectivity index (χ4v) is 6.37. The van der Waals surface area contributed by atoms with Gasteiger partial charge in [-0.15, -0.1) is 0 Å². The Morgan fingerprint density at radius 2 is 1.63 bits per heavy atom. The summed E-state index contributed by atoms with van der Waals surface area (Å²) < 4.78 is 7.65. The van der Waals surface area contributed by atoms with Crippen LogP contribution in [-0.2, 0) is 22.6 Å². The van der Waals surface area contributed by atoms with E-state index >= 15 is 0 Å². The molecule has 0 saturated carbocycles. The van der Waals surface area contributed by atoms with Crippen LogP contribution in [0.2, 0.25) is 0 Å². The van der Waals surface area contributed by atoms with Crippen LogP contribution in [0.25, 0.3) is 0 Å². The molecule has 1 aromatic carbocycles. The van der Waals surface area contributed by atoms with E-state index in [9.17, 15) is 19.2 Å². The third kappa shape index (κ3) is 4.64. The van der Waals surface area contributed by atoms with Crippen molar-refractivity contribution in [2.24, 2.45) is 11.3 Å². The molecule has 4 amide bonds. The largest absolute Gasteiger partial charge is 0.494 e. The molecule has 2 atom stereocenters. The molecule has 38 heavy (non-hydrogen) atoms. The number of pyridine rings is 1. The van der Waals surface area contributed by atoms with Crippen LogP contribution in [0.3, 0.4) is 0 Å². The zero-order valence-electron chi connectivity index (χ0n) is 22.4. The van der Waals surface area contributed by atoms with Crippen LogP contribution in [0, 0.1) is 11.3 Å². The molecule has 0 radical (unpaired) electrons. The molecule has 2 saturated heterocycles. The predicted octanol–water partition coefficient (Wildman–Crippen LogP) is 2.73. The van der Waals surface area contributed by atoms with E-state index in [0.29, 0.717) is 26.2 Å². The second kappa shape index (κ2) is 10.4. The molecule has 9 heteroatoms. The van der Waals surface area contributed by atoms with Crippen molar-refractivity contribution in [3.63, 3.8) is 0 Å². The molecule has 2 bridgehead atoms. The second-order valence-corrected chi connectivity index (χ2v) is 11.0. The Balaban J connectivity index is 1.43. The maximum atomic E-state index is 13.8.